The van der Waals surface area contributed by atoms with Gasteiger partial charge in [0.2, 0.25) is 11.5 Å². The number of phenols is 1. The maximum atomic E-state index is 13.5. The van der Waals surface area contributed by atoms with E-state index in [1.165, 1.54) is 42.5 Å². The number of ether oxygens (including phenoxy) is 7. The summed E-state index contributed by atoms with van der Waals surface area (Å²) in [5.74, 6) is -1.15. The molecule has 1 N–H and O–H groups in total. The van der Waals surface area contributed by atoms with Gasteiger partial charge in [-0.2, -0.15) is 0 Å². The highest BCUT2D eigenvalue weighted by Gasteiger charge is 2.43. The van der Waals surface area contributed by atoms with Crippen LogP contribution in [0.5, 0.6) is 34.5 Å². The summed E-state index contributed by atoms with van der Waals surface area (Å²) in [5.41, 5.74) is 1.88. The van der Waals surface area contributed by atoms with Gasteiger partial charge in [-0.3, -0.25) is 4.79 Å². The van der Waals surface area contributed by atoms with Crippen molar-refractivity contribution in [3.63, 3.8) is 0 Å². The van der Waals surface area contributed by atoms with Crippen molar-refractivity contribution in [1.29, 1.82) is 0 Å². The molecule has 0 spiro atoms. The molecule has 3 aromatic carbocycles. The SMILES string of the molecule is COc1cc2c(c(O)c1OC)-c1c(cc(OC)c(OC)c1OC)[C@@H](OC(C)=O)[C@H](C)[C@H](C)[C@@H]2OC(=O)c1ccccc1. The van der Waals surface area contributed by atoms with E-state index in [2.05, 4.69) is 0 Å². The number of hydrogen-bond acceptors (Lipinski definition) is 10. The zero-order valence-corrected chi connectivity index (χ0v) is 25.0. The van der Waals surface area contributed by atoms with Crippen LogP contribution in [0.3, 0.4) is 0 Å². The van der Waals surface area contributed by atoms with E-state index >= 15 is 0 Å². The number of carbonyl (C=O) groups is 2. The third-order valence-corrected chi connectivity index (χ3v) is 7.72. The molecule has 0 fully saturated rings. The maximum absolute atomic E-state index is 13.5. The first-order valence-corrected chi connectivity index (χ1v) is 13.4. The standard InChI is InChI=1S/C32H36O10/c1-16-17(2)28(42-32(35)19-12-10-9-11-13-19)20-14-22(36-4)29(38-6)26(34)24(20)25-21(27(16)41-18(3)33)15-23(37-5)30(39-7)31(25)40-8/h9-17,27-28,34H,1-8H3/t16-,17+,27+,28+/m1/s1. The van der Waals surface area contributed by atoms with Gasteiger partial charge in [0.05, 0.1) is 41.1 Å². The monoisotopic (exact) mass is 580 g/mol. The quantitative estimate of drug-likeness (QED) is 0.323. The van der Waals surface area contributed by atoms with E-state index < -0.39 is 36.0 Å². The van der Waals surface area contributed by atoms with E-state index in [0.717, 1.165) is 0 Å². The van der Waals surface area contributed by atoms with Crippen LogP contribution in [-0.4, -0.2) is 52.6 Å². The second-order valence-corrected chi connectivity index (χ2v) is 9.97. The summed E-state index contributed by atoms with van der Waals surface area (Å²) >= 11 is 0. The van der Waals surface area contributed by atoms with Gasteiger partial charge in [-0.05, 0) is 24.3 Å². The van der Waals surface area contributed by atoms with Gasteiger partial charge in [-0.25, -0.2) is 4.79 Å². The Hall–Kier alpha value is -4.60. The van der Waals surface area contributed by atoms with Crippen LogP contribution >= 0.6 is 0 Å². The summed E-state index contributed by atoms with van der Waals surface area (Å²) in [6.07, 6.45) is -1.79. The van der Waals surface area contributed by atoms with Gasteiger partial charge < -0.3 is 38.3 Å². The molecule has 1 aliphatic rings. The molecule has 10 heteroatoms. The van der Waals surface area contributed by atoms with Gasteiger partial charge in [0, 0.05) is 41.0 Å². The van der Waals surface area contributed by atoms with Crippen molar-refractivity contribution < 1.29 is 47.9 Å². The third-order valence-electron chi connectivity index (χ3n) is 7.72. The van der Waals surface area contributed by atoms with Gasteiger partial charge in [0.15, 0.2) is 23.0 Å². The topological polar surface area (TPSA) is 119 Å². The van der Waals surface area contributed by atoms with Gasteiger partial charge in [0.25, 0.3) is 0 Å². The lowest BCUT2D eigenvalue weighted by Gasteiger charge is -2.38. The van der Waals surface area contributed by atoms with Crippen molar-refractivity contribution in [2.24, 2.45) is 11.8 Å². The number of esters is 2. The molecule has 0 heterocycles. The number of rotatable bonds is 8. The Morgan fingerprint density at radius 2 is 1.17 bits per heavy atom. The van der Waals surface area contributed by atoms with Gasteiger partial charge in [-0.15, -0.1) is 0 Å². The maximum Gasteiger partial charge on any atom is 0.338 e. The molecule has 224 valence electrons. The molecule has 0 saturated carbocycles. The summed E-state index contributed by atoms with van der Waals surface area (Å²) in [7, 11) is 7.25. The molecule has 0 aromatic heterocycles. The van der Waals surface area contributed by atoms with Gasteiger partial charge in [-0.1, -0.05) is 32.0 Å². The van der Waals surface area contributed by atoms with Crippen LogP contribution in [0.25, 0.3) is 11.1 Å². The molecule has 3 aromatic rings. The first-order valence-electron chi connectivity index (χ1n) is 13.4. The Balaban J connectivity index is 2.17. The predicted octanol–water partition coefficient (Wildman–Crippen LogP) is 5.89. The molecular formula is C32H36O10. The van der Waals surface area contributed by atoms with E-state index in [0.29, 0.717) is 28.0 Å². The first kappa shape index (κ1) is 30.4. The molecule has 10 nitrogen and oxygen atoms in total. The summed E-state index contributed by atoms with van der Waals surface area (Å²) in [4.78, 5) is 25.9. The van der Waals surface area contributed by atoms with Crippen molar-refractivity contribution in [1.82, 2.24) is 0 Å². The third kappa shape index (κ3) is 5.24. The Labute approximate surface area is 245 Å². The minimum Gasteiger partial charge on any atom is -0.504 e. The van der Waals surface area contributed by atoms with Gasteiger partial charge >= 0.3 is 11.9 Å². The Bertz CT molecular complexity index is 1470. The van der Waals surface area contributed by atoms with Crippen LogP contribution in [0.1, 0.15) is 54.5 Å². The summed E-state index contributed by atoms with van der Waals surface area (Å²) in [5, 5.41) is 11.8. The fraction of sp³-hybridized carbons (Fsp3) is 0.375. The lowest BCUT2D eigenvalue weighted by atomic mass is 9.74. The van der Waals surface area contributed by atoms with Crippen molar-refractivity contribution in [3.8, 4) is 45.6 Å². The fourth-order valence-corrected chi connectivity index (χ4v) is 5.54. The minimum atomic E-state index is -0.933. The highest BCUT2D eigenvalue weighted by Crippen LogP contribution is 2.59. The number of methoxy groups -OCH3 is 5. The highest BCUT2D eigenvalue weighted by atomic mass is 16.6. The molecule has 0 radical (unpaired) electrons. The summed E-state index contributed by atoms with van der Waals surface area (Å²) < 4.78 is 40.5. The second kappa shape index (κ2) is 12.5. The van der Waals surface area contributed by atoms with Crippen LogP contribution in [0.4, 0.5) is 0 Å². The Kier molecular flexibility index (Phi) is 9.04. The molecule has 4 atom stereocenters. The van der Waals surface area contributed by atoms with Crippen LogP contribution in [0, 0.1) is 11.8 Å². The fourth-order valence-electron chi connectivity index (χ4n) is 5.54. The lowest BCUT2D eigenvalue weighted by molar-refractivity contribution is -0.151. The molecule has 0 unspecified atom stereocenters. The molecular weight excluding hydrogens is 544 g/mol. The lowest BCUT2D eigenvalue weighted by Crippen LogP contribution is -2.31. The van der Waals surface area contributed by atoms with Crippen LogP contribution < -0.4 is 23.7 Å². The van der Waals surface area contributed by atoms with E-state index in [1.54, 1.807) is 42.5 Å². The second-order valence-electron chi connectivity index (χ2n) is 9.97. The highest BCUT2D eigenvalue weighted by molar-refractivity contribution is 5.91. The average molecular weight is 581 g/mol. The smallest absolute Gasteiger partial charge is 0.338 e. The van der Waals surface area contributed by atoms with Crippen LogP contribution in [0.2, 0.25) is 0 Å². The van der Waals surface area contributed by atoms with E-state index in [1.807, 2.05) is 13.8 Å². The van der Waals surface area contributed by atoms with Crippen molar-refractivity contribution in [2.75, 3.05) is 35.5 Å². The summed E-state index contributed by atoms with van der Waals surface area (Å²) in [6.45, 7) is 5.12. The average Bonchev–Trinajstić information content (AvgIpc) is 3.00. The number of fused-ring (bicyclic) bond motifs is 3. The van der Waals surface area contributed by atoms with Crippen LogP contribution in [0.15, 0.2) is 42.5 Å². The number of phenolic OH excluding ortho intramolecular Hbond substituents is 1. The molecule has 1 aliphatic carbocycles. The number of carbonyl (C=O) groups excluding carboxylic acids is 2. The zero-order valence-electron chi connectivity index (χ0n) is 25.0. The van der Waals surface area contributed by atoms with Crippen LogP contribution in [-0.2, 0) is 14.3 Å². The summed E-state index contributed by atoms with van der Waals surface area (Å²) in [6, 6.07) is 12.0. The molecule has 0 amide bonds. The van der Waals surface area contributed by atoms with E-state index in [-0.39, 0.29) is 34.3 Å². The predicted molar refractivity (Wildman–Crippen MR) is 154 cm³/mol. The zero-order chi connectivity index (χ0) is 30.7. The number of hydrogen-bond donors (Lipinski definition) is 1. The first-order chi connectivity index (χ1) is 20.1. The molecule has 0 aliphatic heterocycles. The molecule has 42 heavy (non-hydrogen) atoms. The molecule has 0 bridgehead atoms. The van der Waals surface area contributed by atoms with E-state index in [9.17, 15) is 14.7 Å². The Morgan fingerprint density at radius 1 is 0.667 bits per heavy atom. The van der Waals surface area contributed by atoms with E-state index in [4.69, 9.17) is 33.2 Å². The molecule has 4 rings (SSSR count). The van der Waals surface area contributed by atoms with Crippen molar-refractivity contribution >= 4 is 11.9 Å². The van der Waals surface area contributed by atoms with Crippen molar-refractivity contribution in [3.05, 3.63) is 59.2 Å². The number of aromatic hydroxyl groups is 1. The minimum absolute atomic E-state index is 0.0532. The van der Waals surface area contributed by atoms with Gasteiger partial charge in [0.1, 0.15) is 12.2 Å². The number of benzene rings is 3. The Morgan fingerprint density at radius 3 is 1.67 bits per heavy atom. The normalized spacial score (nSPS) is 19.2. The molecule has 0 saturated heterocycles. The largest absolute Gasteiger partial charge is 0.504 e. The van der Waals surface area contributed by atoms with Crippen molar-refractivity contribution in [2.45, 2.75) is 33.0 Å².